The van der Waals surface area contributed by atoms with Crippen molar-refractivity contribution in [2.45, 2.75) is 76.5 Å². The Morgan fingerprint density at radius 3 is 1.85 bits per heavy atom. The van der Waals surface area contributed by atoms with E-state index in [0.717, 1.165) is 33.8 Å². The van der Waals surface area contributed by atoms with Gasteiger partial charge in [0.25, 0.3) is 8.53 Å². The van der Waals surface area contributed by atoms with Gasteiger partial charge in [-0.25, -0.2) is 4.67 Å². The quantitative estimate of drug-likeness (QED) is 0.0389. The molecule has 1 fully saturated rings. The number of hydrogen-bond acceptors (Lipinski definition) is 8. The van der Waals surface area contributed by atoms with E-state index >= 15 is 0 Å². The van der Waals surface area contributed by atoms with Gasteiger partial charge >= 0.3 is 0 Å². The van der Waals surface area contributed by atoms with E-state index in [9.17, 15) is 5.26 Å². The molecule has 0 spiro atoms. The van der Waals surface area contributed by atoms with Crippen molar-refractivity contribution in [2.75, 3.05) is 27.4 Å². The van der Waals surface area contributed by atoms with Crippen LogP contribution in [0.5, 0.6) is 11.5 Å². The van der Waals surface area contributed by atoms with E-state index in [1.54, 1.807) is 14.2 Å². The molecule has 1 heterocycles. The van der Waals surface area contributed by atoms with Gasteiger partial charge in [0.2, 0.25) is 0 Å². The van der Waals surface area contributed by atoms with Crippen LogP contribution in [0.3, 0.4) is 0 Å². The Morgan fingerprint density at radius 2 is 1.27 bits per heavy atom. The first-order valence-electron chi connectivity index (χ1n) is 20.8. The molecule has 1 unspecified atom stereocenters. The highest BCUT2D eigenvalue weighted by Crippen LogP contribution is 2.52. The molecule has 0 saturated carbocycles. The van der Waals surface area contributed by atoms with E-state index < -0.39 is 26.3 Å². The summed E-state index contributed by atoms with van der Waals surface area (Å²) in [5.74, 6) is 1.51. The van der Waals surface area contributed by atoms with Crippen LogP contribution in [-0.4, -0.2) is 56.4 Å². The Kier molecular flexibility index (Phi) is 12.7. The van der Waals surface area contributed by atoms with Crippen molar-refractivity contribution in [1.82, 2.24) is 4.67 Å². The maximum Gasteiger partial charge on any atom is 0.259 e. The van der Waals surface area contributed by atoms with Crippen LogP contribution < -0.4 is 9.47 Å². The lowest BCUT2D eigenvalue weighted by Crippen LogP contribution is -2.39. The summed E-state index contributed by atoms with van der Waals surface area (Å²) < 4.78 is 41.9. The smallest absolute Gasteiger partial charge is 0.259 e. The van der Waals surface area contributed by atoms with Crippen molar-refractivity contribution in [3.8, 4) is 17.6 Å². The fourth-order valence-electron chi connectivity index (χ4n) is 8.90. The van der Waals surface area contributed by atoms with Crippen LogP contribution in [0.1, 0.15) is 68.9 Å². The van der Waals surface area contributed by atoms with Crippen molar-refractivity contribution < 1.29 is 28.0 Å². The molecule has 0 amide bonds. The van der Waals surface area contributed by atoms with Crippen LogP contribution in [0.4, 0.5) is 0 Å². The van der Waals surface area contributed by atoms with Crippen LogP contribution in [-0.2, 0) is 24.1 Å². The fourth-order valence-corrected chi connectivity index (χ4v) is 10.7. The Hall–Kier alpha value is -5.10. The molecule has 0 aromatic heterocycles. The fraction of sp³-hybridized carbons (Fsp3) is 0.314. The molecular formula is C51H53N2O6P. The summed E-state index contributed by atoms with van der Waals surface area (Å²) in [5, 5.41) is 16.8. The summed E-state index contributed by atoms with van der Waals surface area (Å²) in [4.78, 5) is 0. The van der Waals surface area contributed by atoms with E-state index in [4.69, 9.17) is 28.0 Å². The minimum absolute atomic E-state index is 0.138. The topological polar surface area (TPSA) is 82.4 Å². The zero-order chi connectivity index (χ0) is 41.8. The van der Waals surface area contributed by atoms with Crippen molar-refractivity contribution in [2.24, 2.45) is 0 Å². The highest BCUT2D eigenvalue weighted by molar-refractivity contribution is 7.44. The average molecular weight is 821 g/mol. The summed E-state index contributed by atoms with van der Waals surface area (Å²) in [7, 11) is 1.78. The molecule has 1 aliphatic heterocycles. The first-order chi connectivity index (χ1) is 29.2. The summed E-state index contributed by atoms with van der Waals surface area (Å²) >= 11 is 0. The van der Waals surface area contributed by atoms with Gasteiger partial charge in [-0.1, -0.05) is 109 Å². The Bertz CT molecular complexity index is 2470. The molecule has 0 N–H and O–H groups in total. The van der Waals surface area contributed by atoms with Gasteiger partial charge < -0.3 is 28.0 Å². The predicted molar refractivity (Wildman–Crippen MR) is 241 cm³/mol. The van der Waals surface area contributed by atoms with Crippen molar-refractivity contribution in [1.29, 1.82) is 5.26 Å². The number of rotatable bonds is 17. The van der Waals surface area contributed by atoms with Gasteiger partial charge in [-0.3, -0.25) is 0 Å². The molecule has 7 aromatic rings. The zero-order valence-electron chi connectivity index (χ0n) is 35.2. The number of hydrogen-bond donors (Lipinski definition) is 0. The molecule has 8 nitrogen and oxygen atoms in total. The molecule has 60 heavy (non-hydrogen) atoms. The highest BCUT2D eigenvalue weighted by atomic mass is 31.2. The average Bonchev–Trinajstić information content (AvgIpc) is 3.68. The molecule has 1 saturated heterocycles. The normalized spacial score (nSPS) is 17.6. The number of nitrogens with zero attached hydrogens (tertiary/aromatic N) is 2. The SMILES string of the molecule is COc1ccc(C(OC[C@H]2O[C@@H](c3ccc4ccc5cccc6ccc3c4c56)C[C@@H]2OP(OCCC#N)N(C(C)C)C(C)C)(c2ccccc2)c2ccc(OC)cc2)cc1. The van der Waals surface area contributed by atoms with E-state index in [-0.39, 0.29) is 37.8 Å². The third kappa shape index (κ3) is 8.07. The zero-order valence-corrected chi connectivity index (χ0v) is 36.1. The highest BCUT2D eigenvalue weighted by Gasteiger charge is 2.45. The largest absolute Gasteiger partial charge is 0.497 e. The van der Waals surface area contributed by atoms with E-state index in [0.29, 0.717) is 6.42 Å². The van der Waals surface area contributed by atoms with Gasteiger partial charge in [0.1, 0.15) is 23.2 Å². The monoisotopic (exact) mass is 820 g/mol. The molecule has 308 valence electrons. The maximum atomic E-state index is 9.47. The van der Waals surface area contributed by atoms with Gasteiger partial charge in [0.05, 0.1) is 52.1 Å². The number of ether oxygens (including phenoxy) is 4. The second-order valence-electron chi connectivity index (χ2n) is 15.9. The Balaban J connectivity index is 1.23. The van der Waals surface area contributed by atoms with Crippen LogP contribution in [0, 0.1) is 11.3 Å². The summed E-state index contributed by atoms with van der Waals surface area (Å²) in [6.07, 6.45) is -0.315. The minimum Gasteiger partial charge on any atom is -0.497 e. The van der Waals surface area contributed by atoms with Crippen LogP contribution in [0.2, 0.25) is 0 Å². The predicted octanol–water partition coefficient (Wildman–Crippen LogP) is 12.1. The number of nitriles is 1. The lowest BCUT2D eigenvalue weighted by molar-refractivity contribution is -0.0804. The molecule has 7 aromatic carbocycles. The second kappa shape index (κ2) is 18.3. The Morgan fingerprint density at radius 1 is 0.700 bits per heavy atom. The maximum absolute atomic E-state index is 9.47. The van der Waals surface area contributed by atoms with E-state index in [2.05, 4.69) is 129 Å². The van der Waals surface area contributed by atoms with Gasteiger partial charge in [-0.2, -0.15) is 5.26 Å². The van der Waals surface area contributed by atoms with Gasteiger partial charge in [0, 0.05) is 18.5 Å². The molecular weight excluding hydrogens is 768 g/mol. The first-order valence-corrected chi connectivity index (χ1v) is 21.9. The third-order valence-electron chi connectivity index (χ3n) is 11.6. The molecule has 4 atom stereocenters. The second-order valence-corrected chi connectivity index (χ2v) is 17.3. The minimum atomic E-state index is -1.57. The van der Waals surface area contributed by atoms with Gasteiger partial charge in [-0.05, 0) is 107 Å². The molecule has 1 aliphatic rings. The van der Waals surface area contributed by atoms with Crippen molar-refractivity contribution in [3.63, 3.8) is 0 Å². The summed E-state index contributed by atoms with van der Waals surface area (Å²) in [6.45, 7) is 9.10. The lowest BCUT2D eigenvalue weighted by Gasteiger charge is -2.39. The third-order valence-corrected chi connectivity index (χ3v) is 13.8. The number of benzene rings is 7. The molecule has 0 bridgehead atoms. The summed E-state index contributed by atoms with van der Waals surface area (Å²) in [6, 6.07) is 48.8. The number of methoxy groups -OCH3 is 2. The van der Waals surface area contributed by atoms with Crippen molar-refractivity contribution >= 4 is 40.8 Å². The van der Waals surface area contributed by atoms with Crippen LogP contribution in [0.25, 0.3) is 32.3 Å². The first kappa shape index (κ1) is 41.6. The van der Waals surface area contributed by atoms with E-state index in [1.165, 1.54) is 32.3 Å². The molecule has 8 rings (SSSR count). The van der Waals surface area contributed by atoms with Crippen LogP contribution in [0.15, 0.2) is 133 Å². The van der Waals surface area contributed by atoms with Gasteiger partial charge in [-0.15, -0.1) is 0 Å². The molecule has 9 heteroatoms. The molecule has 0 aliphatic carbocycles. The standard InChI is InChI=1S/C51H53N2O6P/c1-34(2)53(35(3)4)60(57-31-11-30-52)59-47-32-46(44-28-18-38-17-16-36-12-10-13-37-19-29-45(44)50(38)49(36)37)58-48(47)33-56-51(39-14-8-7-9-15-39,40-20-24-42(54-5)25-21-40)41-22-26-43(55-6)27-23-41/h7-10,12-29,34-35,46-48H,11,31-33H2,1-6H3/t46-,47+,48-,60?/m1/s1. The Labute approximate surface area is 354 Å². The summed E-state index contributed by atoms with van der Waals surface area (Å²) in [5.41, 5.74) is 2.91. The van der Waals surface area contributed by atoms with E-state index in [1.807, 2.05) is 42.5 Å². The molecule has 0 radical (unpaired) electrons. The van der Waals surface area contributed by atoms with Crippen molar-refractivity contribution in [3.05, 3.63) is 156 Å². The van der Waals surface area contributed by atoms with Gasteiger partial charge in [0.15, 0.2) is 0 Å². The lowest BCUT2D eigenvalue weighted by atomic mass is 9.80. The van der Waals surface area contributed by atoms with Crippen LogP contribution >= 0.6 is 8.53 Å².